The molecule has 0 bridgehead atoms. The van der Waals surface area contributed by atoms with Crippen LogP contribution >= 0.6 is 0 Å². The topological polar surface area (TPSA) is 110 Å². The van der Waals surface area contributed by atoms with E-state index in [2.05, 4.69) is 5.32 Å². The number of nitro benzene ring substituents is 1. The number of rotatable bonds is 9. The number of non-ortho nitro benzene ring substituents is 1. The predicted molar refractivity (Wildman–Crippen MR) is 107 cm³/mol. The first kappa shape index (κ1) is 21.5. The summed E-state index contributed by atoms with van der Waals surface area (Å²) in [6.07, 6.45) is 1.44. The molecular formula is C19H23N3O5S. The van der Waals surface area contributed by atoms with E-state index in [-0.39, 0.29) is 16.1 Å². The van der Waals surface area contributed by atoms with Crippen molar-refractivity contribution in [1.29, 1.82) is 0 Å². The number of nitrogens with zero attached hydrogens (tertiary/aromatic N) is 2. The third-order valence-electron chi connectivity index (χ3n) is 4.02. The number of hydrogen-bond acceptors (Lipinski definition) is 5. The minimum absolute atomic E-state index is 0.142. The number of carbonyl (C=O) groups is 1. The number of anilines is 1. The number of nitro groups is 1. The lowest BCUT2D eigenvalue weighted by atomic mass is 10.2. The van der Waals surface area contributed by atoms with E-state index in [1.807, 2.05) is 13.8 Å². The van der Waals surface area contributed by atoms with Crippen molar-refractivity contribution in [3.8, 4) is 0 Å². The van der Waals surface area contributed by atoms with Crippen molar-refractivity contribution >= 4 is 27.3 Å². The Bertz CT molecular complexity index is 936. The maximum atomic E-state index is 12.7. The summed E-state index contributed by atoms with van der Waals surface area (Å²) in [7, 11) is -3.59. The van der Waals surface area contributed by atoms with Crippen molar-refractivity contribution in [1.82, 2.24) is 4.31 Å². The van der Waals surface area contributed by atoms with Gasteiger partial charge in [0.15, 0.2) is 0 Å². The normalized spacial score (nSPS) is 11.4. The third kappa shape index (κ3) is 5.14. The number of amides is 1. The van der Waals surface area contributed by atoms with Gasteiger partial charge in [0.05, 0.1) is 9.82 Å². The second-order valence-corrected chi connectivity index (χ2v) is 8.13. The molecule has 0 aromatic heterocycles. The molecule has 1 amide bonds. The Hall–Kier alpha value is -2.78. The lowest BCUT2D eigenvalue weighted by Gasteiger charge is -2.21. The van der Waals surface area contributed by atoms with Gasteiger partial charge in [-0.05, 0) is 43.2 Å². The molecule has 0 saturated heterocycles. The Kier molecular flexibility index (Phi) is 7.24. The summed E-state index contributed by atoms with van der Waals surface area (Å²) in [6, 6.07) is 11.3. The SMILES string of the molecule is CCCN(CCC)S(=O)(=O)c1ccc(NC(=O)c2cccc([N+](=O)[O-])c2)cc1. The van der Waals surface area contributed by atoms with Crippen molar-refractivity contribution in [2.75, 3.05) is 18.4 Å². The summed E-state index contributed by atoms with van der Waals surface area (Å²) in [5.41, 5.74) is 0.358. The van der Waals surface area contributed by atoms with Crippen LogP contribution in [0.3, 0.4) is 0 Å². The van der Waals surface area contributed by atoms with Crippen LogP contribution in [-0.2, 0) is 10.0 Å². The molecule has 0 atom stereocenters. The zero-order chi connectivity index (χ0) is 20.7. The van der Waals surface area contributed by atoms with Gasteiger partial charge >= 0.3 is 0 Å². The zero-order valence-electron chi connectivity index (χ0n) is 15.8. The Balaban J connectivity index is 2.17. The average Bonchev–Trinajstić information content (AvgIpc) is 2.68. The maximum absolute atomic E-state index is 12.7. The molecule has 0 aliphatic rings. The minimum Gasteiger partial charge on any atom is -0.322 e. The molecule has 8 nitrogen and oxygen atoms in total. The fourth-order valence-corrected chi connectivity index (χ4v) is 4.30. The molecule has 0 unspecified atom stereocenters. The van der Waals surface area contributed by atoms with Gasteiger partial charge in [0, 0.05) is 36.5 Å². The van der Waals surface area contributed by atoms with Gasteiger partial charge in [-0.25, -0.2) is 8.42 Å². The number of hydrogen-bond donors (Lipinski definition) is 1. The highest BCUT2D eigenvalue weighted by atomic mass is 32.2. The summed E-state index contributed by atoms with van der Waals surface area (Å²) in [4.78, 5) is 22.7. The molecule has 2 aromatic carbocycles. The van der Waals surface area contributed by atoms with Crippen LogP contribution in [0.25, 0.3) is 0 Å². The van der Waals surface area contributed by atoms with Gasteiger partial charge in [-0.15, -0.1) is 0 Å². The van der Waals surface area contributed by atoms with Crippen molar-refractivity contribution in [2.24, 2.45) is 0 Å². The van der Waals surface area contributed by atoms with Crippen LogP contribution in [0.1, 0.15) is 37.0 Å². The van der Waals surface area contributed by atoms with Crippen molar-refractivity contribution < 1.29 is 18.1 Å². The molecule has 2 aromatic rings. The monoisotopic (exact) mass is 405 g/mol. The van der Waals surface area contributed by atoms with Gasteiger partial charge in [-0.1, -0.05) is 19.9 Å². The highest BCUT2D eigenvalue weighted by molar-refractivity contribution is 7.89. The first-order valence-corrected chi connectivity index (χ1v) is 10.4. The van der Waals surface area contributed by atoms with Crippen LogP contribution in [0.4, 0.5) is 11.4 Å². The first-order valence-electron chi connectivity index (χ1n) is 8.95. The van der Waals surface area contributed by atoms with Gasteiger partial charge in [0.1, 0.15) is 0 Å². The lowest BCUT2D eigenvalue weighted by molar-refractivity contribution is -0.384. The van der Waals surface area contributed by atoms with Crippen LogP contribution in [-0.4, -0.2) is 36.6 Å². The van der Waals surface area contributed by atoms with Gasteiger partial charge in [-0.3, -0.25) is 14.9 Å². The zero-order valence-corrected chi connectivity index (χ0v) is 16.6. The minimum atomic E-state index is -3.59. The van der Waals surface area contributed by atoms with E-state index in [9.17, 15) is 23.3 Å². The molecule has 0 radical (unpaired) electrons. The number of benzene rings is 2. The standard InChI is InChI=1S/C19H23N3O5S/c1-3-12-21(13-4-2)28(26,27)18-10-8-16(9-11-18)20-19(23)15-6-5-7-17(14-15)22(24)25/h5-11,14H,3-4,12-13H2,1-2H3,(H,20,23). The molecule has 150 valence electrons. The van der Waals surface area contributed by atoms with Crippen molar-refractivity contribution in [3.63, 3.8) is 0 Å². The molecule has 0 heterocycles. The molecule has 0 aliphatic carbocycles. The molecule has 0 saturated carbocycles. The van der Waals surface area contributed by atoms with Crippen molar-refractivity contribution in [3.05, 3.63) is 64.2 Å². The predicted octanol–water partition coefficient (Wildman–Crippen LogP) is 3.66. The smallest absolute Gasteiger partial charge is 0.270 e. The average molecular weight is 405 g/mol. The summed E-state index contributed by atoms with van der Waals surface area (Å²) < 4.78 is 26.9. The lowest BCUT2D eigenvalue weighted by Crippen LogP contribution is -2.32. The third-order valence-corrected chi connectivity index (χ3v) is 5.93. The van der Waals surface area contributed by atoms with Gasteiger partial charge in [-0.2, -0.15) is 4.31 Å². The highest BCUT2D eigenvalue weighted by Gasteiger charge is 2.23. The van der Waals surface area contributed by atoms with Gasteiger partial charge in [0.25, 0.3) is 11.6 Å². The van der Waals surface area contributed by atoms with Crippen LogP contribution in [0, 0.1) is 10.1 Å². The van der Waals surface area contributed by atoms with E-state index in [4.69, 9.17) is 0 Å². The van der Waals surface area contributed by atoms with Crippen LogP contribution < -0.4 is 5.32 Å². The molecule has 0 spiro atoms. The molecule has 1 N–H and O–H groups in total. The largest absolute Gasteiger partial charge is 0.322 e. The summed E-state index contributed by atoms with van der Waals surface area (Å²) >= 11 is 0. The Morgan fingerprint density at radius 2 is 1.68 bits per heavy atom. The molecule has 0 fully saturated rings. The Morgan fingerprint density at radius 3 is 2.21 bits per heavy atom. The fourth-order valence-electron chi connectivity index (χ4n) is 2.67. The maximum Gasteiger partial charge on any atom is 0.270 e. The van der Waals surface area contributed by atoms with Gasteiger partial charge in [0.2, 0.25) is 10.0 Å². The quantitative estimate of drug-likeness (QED) is 0.506. The van der Waals surface area contributed by atoms with Crippen LogP contribution in [0.2, 0.25) is 0 Å². The second kappa shape index (κ2) is 9.43. The van der Waals surface area contributed by atoms with Crippen LogP contribution in [0.5, 0.6) is 0 Å². The molecular weight excluding hydrogens is 382 g/mol. The van der Waals surface area contributed by atoms with E-state index >= 15 is 0 Å². The van der Waals surface area contributed by atoms with E-state index in [0.717, 1.165) is 12.8 Å². The summed E-state index contributed by atoms with van der Waals surface area (Å²) in [6.45, 7) is 4.73. The molecule has 2 rings (SSSR count). The Labute approximate surface area is 164 Å². The van der Waals surface area contributed by atoms with Crippen LogP contribution in [0.15, 0.2) is 53.4 Å². The number of carbonyl (C=O) groups excluding carboxylic acids is 1. The van der Waals surface area contributed by atoms with E-state index in [1.54, 1.807) is 0 Å². The molecule has 9 heteroatoms. The van der Waals surface area contributed by atoms with Gasteiger partial charge < -0.3 is 5.32 Å². The van der Waals surface area contributed by atoms with E-state index < -0.39 is 20.9 Å². The summed E-state index contributed by atoms with van der Waals surface area (Å²) in [5.74, 6) is -0.516. The second-order valence-electron chi connectivity index (χ2n) is 6.19. The molecule has 28 heavy (non-hydrogen) atoms. The molecule has 0 aliphatic heterocycles. The number of sulfonamides is 1. The van der Waals surface area contributed by atoms with E-state index in [1.165, 1.54) is 52.8 Å². The Morgan fingerprint density at radius 1 is 1.07 bits per heavy atom. The highest BCUT2D eigenvalue weighted by Crippen LogP contribution is 2.20. The number of nitrogens with one attached hydrogen (secondary N) is 1. The van der Waals surface area contributed by atoms with E-state index in [0.29, 0.717) is 18.8 Å². The fraction of sp³-hybridized carbons (Fsp3) is 0.316. The summed E-state index contributed by atoms with van der Waals surface area (Å²) in [5, 5.41) is 13.4. The first-order chi connectivity index (χ1) is 13.3. The van der Waals surface area contributed by atoms with Crippen molar-refractivity contribution in [2.45, 2.75) is 31.6 Å².